The van der Waals surface area contributed by atoms with Crippen molar-refractivity contribution in [3.05, 3.63) is 34.9 Å². The summed E-state index contributed by atoms with van der Waals surface area (Å²) < 4.78 is 73.0. The summed E-state index contributed by atoms with van der Waals surface area (Å²) in [4.78, 5) is 11.7. The number of hydrogen-bond donors (Lipinski definition) is 2. The molecular weight excluding hydrogens is 340 g/mol. The molecule has 0 fully saturated rings. The van der Waals surface area contributed by atoms with Crippen LogP contribution in [-0.2, 0) is 17.1 Å². The Labute approximate surface area is 135 Å². The van der Waals surface area contributed by atoms with Crippen molar-refractivity contribution in [2.75, 3.05) is 26.2 Å². The van der Waals surface area contributed by atoms with E-state index >= 15 is 0 Å². The number of halogens is 6. The third kappa shape index (κ3) is 8.16. The fourth-order valence-corrected chi connectivity index (χ4v) is 1.66. The van der Waals surface area contributed by atoms with Crippen LogP contribution in [0.5, 0.6) is 0 Å². The van der Waals surface area contributed by atoms with Gasteiger partial charge in [-0.15, -0.1) is 0 Å². The molecule has 0 aliphatic rings. The summed E-state index contributed by atoms with van der Waals surface area (Å²) in [6.07, 6.45) is -8.75. The number of rotatable bonds is 5. The van der Waals surface area contributed by atoms with Gasteiger partial charge in [0.25, 0.3) is 0 Å². The minimum Gasteiger partial charge on any atom is -0.343 e. The summed E-state index contributed by atoms with van der Waals surface area (Å²) in [6.45, 7) is 3.38. The Morgan fingerprint density at radius 2 is 1.29 bits per heavy atom. The van der Waals surface area contributed by atoms with Crippen molar-refractivity contribution >= 4 is 6.41 Å². The van der Waals surface area contributed by atoms with Crippen LogP contribution < -0.4 is 11.5 Å². The zero-order chi connectivity index (χ0) is 19.0. The Morgan fingerprint density at radius 3 is 1.54 bits per heavy atom. The van der Waals surface area contributed by atoms with Crippen molar-refractivity contribution in [1.29, 1.82) is 0 Å². The normalized spacial score (nSPS) is 11.5. The van der Waals surface area contributed by atoms with E-state index < -0.39 is 23.5 Å². The van der Waals surface area contributed by atoms with Gasteiger partial charge in [0, 0.05) is 26.2 Å². The van der Waals surface area contributed by atoms with E-state index in [1.54, 1.807) is 4.90 Å². The minimum absolute atomic E-state index is 0.0721. The average Bonchev–Trinajstić information content (AvgIpc) is 2.45. The lowest BCUT2D eigenvalue weighted by atomic mass is 10.1. The molecule has 10 heteroatoms. The van der Waals surface area contributed by atoms with Crippen LogP contribution in [0.25, 0.3) is 0 Å². The fourth-order valence-electron chi connectivity index (χ4n) is 1.66. The first kappa shape index (κ1) is 22.2. The average molecular weight is 359 g/mol. The molecule has 138 valence electrons. The van der Waals surface area contributed by atoms with Crippen molar-refractivity contribution in [1.82, 2.24) is 4.90 Å². The van der Waals surface area contributed by atoms with Gasteiger partial charge in [-0.1, -0.05) is 0 Å². The van der Waals surface area contributed by atoms with Crippen LogP contribution in [0.15, 0.2) is 18.2 Å². The number of benzene rings is 1. The molecule has 24 heavy (non-hydrogen) atoms. The predicted molar refractivity (Wildman–Crippen MR) is 76.9 cm³/mol. The first-order valence-corrected chi connectivity index (χ1v) is 6.81. The van der Waals surface area contributed by atoms with Crippen molar-refractivity contribution in [2.24, 2.45) is 11.5 Å². The Morgan fingerprint density at radius 1 is 0.917 bits per heavy atom. The fraction of sp³-hybridized carbons (Fsp3) is 0.500. The quantitative estimate of drug-likeness (QED) is 0.626. The van der Waals surface area contributed by atoms with E-state index in [0.717, 1.165) is 6.41 Å². The van der Waals surface area contributed by atoms with E-state index in [2.05, 4.69) is 0 Å². The van der Waals surface area contributed by atoms with E-state index in [0.29, 0.717) is 38.3 Å². The number of nitrogens with two attached hydrogens (primary N) is 2. The van der Waals surface area contributed by atoms with E-state index in [1.165, 1.54) is 6.92 Å². The second kappa shape index (κ2) is 9.48. The van der Waals surface area contributed by atoms with Crippen LogP contribution in [0.4, 0.5) is 26.3 Å². The molecular formula is C14H19F6N3O. The number of alkyl halides is 6. The first-order valence-electron chi connectivity index (χ1n) is 6.81. The lowest BCUT2D eigenvalue weighted by molar-refractivity contribution is -0.143. The number of carbonyl (C=O) groups excluding carboxylic acids is 1. The molecule has 0 aliphatic carbocycles. The smallest absolute Gasteiger partial charge is 0.343 e. The van der Waals surface area contributed by atoms with Gasteiger partial charge in [0.2, 0.25) is 6.41 Å². The van der Waals surface area contributed by atoms with Crippen molar-refractivity contribution in [3.8, 4) is 0 Å². The molecule has 0 spiro atoms. The zero-order valence-electron chi connectivity index (χ0n) is 12.9. The van der Waals surface area contributed by atoms with Gasteiger partial charge in [0.15, 0.2) is 0 Å². The van der Waals surface area contributed by atoms with Gasteiger partial charge in [0.1, 0.15) is 0 Å². The summed E-state index contributed by atoms with van der Waals surface area (Å²) in [5.74, 6) is 0. The Bertz CT molecular complexity index is 478. The molecule has 0 radical (unpaired) electrons. The van der Waals surface area contributed by atoms with E-state index in [-0.39, 0.29) is 11.6 Å². The lowest BCUT2D eigenvalue weighted by Gasteiger charge is -2.13. The Balaban J connectivity index is 0.000000506. The molecule has 0 saturated carbocycles. The first-order chi connectivity index (χ1) is 11.0. The number of hydrogen-bond acceptors (Lipinski definition) is 3. The molecule has 0 bridgehead atoms. The van der Waals surface area contributed by atoms with E-state index in [1.807, 2.05) is 0 Å². The standard InChI is InChI=1S/C9H6F6.C5H13N3O/c1-5-2-6(8(10,11)12)4-7(3-5)9(13,14)15;6-1-3-8(5-9)4-2-7/h2-4H,1H3;5H,1-4,6-7H2. The maximum atomic E-state index is 12.2. The molecule has 0 saturated heterocycles. The highest BCUT2D eigenvalue weighted by molar-refractivity contribution is 5.46. The molecule has 0 atom stereocenters. The van der Waals surface area contributed by atoms with Crippen molar-refractivity contribution < 1.29 is 31.1 Å². The van der Waals surface area contributed by atoms with Gasteiger partial charge in [-0.05, 0) is 30.7 Å². The number of aryl methyl sites for hydroxylation is 1. The van der Waals surface area contributed by atoms with Crippen molar-refractivity contribution in [2.45, 2.75) is 19.3 Å². The van der Waals surface area contributed by atoms with Crippen LogP contribution in [0.1, 0.15) is 16.7 Å². The minimum atomic E-state index is -4.76. The molecule has 1 aromatic rings. The molecule has 0 aromatic heterocycles. The predicted octanol–water partition coefficient (Wildman–Crippen LogP) is 2.39. The largest absolute Gasteiger partial charge is 0.416 e. The van der Waals surface area contributed by atoms with Crippen LogP contribution >= 0.6 is 0 Å². The topological polar surface area (TPSA) is 72.3 Å². The summed E-state index contributed by atoms with van der Waals surface area (Å²) in [5.41, 5.74) is 7.75. The van der Waals surface area contributed by atoms with Gasteiger partial charge < -0.3 is 16.4 Å². The van der Waals surface area contributed by atoms with Gasteiger partial charge in [-0.25, -0.2) is 0 Å². The van der Waals surface area contributed by atoms with Crippen LogP contribution in [-0.4, -0.2) is 37.5 Å². The van der Waals surface area contributed by atoms with Crippen molar-refractivity contribution in [3.63, 3.8) is 0 Å². The van der Waals surface area contributed by atoms with Crippen LogP contribution in [0.3, 0.4) is 0 Å². The second-order valence-electron chi connectivity index (χ2n) is 4.80. The van der Waals surface area contributed by atoms with Gasteiger partial charge >= 0.3 is 12.4 Å². The molecule has 1 rings (SSSR count). The highest BCUT2D eigenvalue weighted by Gasteiger charge is 2.36. The molecule has 0 aliphatic heterocycles. The molecule has 0 heterocycles. The third-order valence-electron chi connectivity index (χ3n) is 2.71. The summed E-state index contributed by atoms with van der Waals surface area (Å²) in [6, 6.07) is 1.46. The van der Waals surface area contributed by atoms with Gasteiger partial charge in [-0.3, -0.25) is 4.79 Å². The molecule has 0 unspecified atom stereocenters. The SMILES string of the molecule is Cc1cc(C(F)(F)F)cc(C(F)(F)F)c1.NCCN(C=O)CCN. The highest BCUT2D eigenvalue weighted by atomic mass is 19.4. The number of nitrogens with zero attached hydrogens (tertiary/aromatic N) is 1. The molecule has 1 amide bonds. The second-order valence-corrected chi connectivity index (χ2v) is 4.80. The van der Waals surface area contributed by atoms with Gasteiger partial charge in [-0.2, -0.15) is 26.3 Å². The lowest BCUT2D eigenvalue weighted by Crippen LogP contribution is -2.32. The van der Waals surface area contributed by atoms with E-state index in [4.69, 9.17) is 11.5 Å². The van der Waals surface area contributed by atoms with Gasteiger partial charge in [0.05, 0.1) is 11.1 Å². The molecule has 4 nitrogen and oxygen atoms in total. The Hall–Kier alpha value is -1.81. The zero-order valence-corrected chi connectivity index (χ0v) is 12.9. The number of carbonyl (C=O) groups is 1. The van der Waals surface area contributed by atoms with Crippen LogP contribution in [0.2, 0.25) is 0 Å². The molecule has 4 N–H and O–H groups in total. The summed E-state index contributed by atoms with van der Waals surface area (Å²) >= 11 is 0. The maximum absolute atomic E-state index is 12.2. The summed E-state index contributed by atoms with van der Waals surface area (Å²) in [5, 5.41) is 0. The third-order valence-corrected chi connectivity index (χ3v) is 2.71. The van der Waals surface area contributed by atoms with E-state index in [9.17, 15) is 31.1 Å². The maximum Gasteiger partial charge on any atom is 0.416 e. The number of amides is 1. The monoisotopic (exact) mass is 359 g/mol. The van der Waals surface area contributed by atoms with Crippen LogP contribution in [0, 0.1) is 6.92 Å². The highest BCUT2D eigenvalue weighted by Crippen LogP contribution is 2.35. The Kier molecular flexibility index (Phi) is 8.76. The molecule has 1 aromatic carbocycles. The summed E-state index contributed by atoms with van der Waals surface area (Å²) in [7, 11) is 0.